The quantitative estimate of drug-likeness (QED) is 0.857. The van der Waals surface area contributed by atoms with Crippen molar-refractivity contribution >= 4 is 23.2 Å². The van der Waals surface area contributed by atoms with Crippen LogP contribution in [0.3, 0.4) is 0 Å². The van der Waals surface area contributed by atoms with E-state index in [-0.39, 0.29) is 17.7 Å². The molecule has 2 fully saturated rings. The fraction of sp³-hybridized carbons (Fsp3) is 0.455. The summed E-state index contributed by atoms with van der Waals surface area (Å²) in [7, 11) is 0. The first-order valence-electron chi connectivity index (χ1n) is 9.71. The first kappa shape index (κ1) is 18.2. The number of amides is 2. The zero-order valence-corrected chi connectivity index (χ0v) is 16.5. The van der Waals surface area contributed by atoms with Crippen LogP contribution in [0.1, 0.15) is 31.7 Å². The number of rotatable bonds is 5. The Bertz CT molecular complexity index is 838. The summed E-state index contributed by atoms with van der Waals surface area (Å²) in [4.78, 5) is 28.2. The summed E-state index contributed by atoms with van der Waals surface area (Å²) in [5.41, 5.74) is 7.67. The number of nitrogens with zero attached hydrogens (tertiary/aromatic N) is 1. The molecular weight excluding hydrogens is 356 g/mol. The van der Waals surface area contributed by atoms with Gasteiger partial charge in [-0.2, -0.15) is 0 Å². The maximum absolute atomic E-state index is 12.5. The van der Waals surface area contributed by atoms with Crippen LogP contribution < -0.4 is 5.73 Å². The minimum absolute atomic E-state index is 0.200. The Hall–Kier alpha value is -2.14. The van der Waals surface area contributed by atoms with E-state index in [1.807, 2.05) is 23.1 Å². The highest BCUT2D eigenvalue weighted by Crippen LogP contribution is 2.42. The Balaban J connectivity index is 1.53. The highest BCUT2D eigenvalue weighted by Gasteiger charge is 2.46. The number of hydrogen-bond acceptors (Lipinski definition) is 3. The molecule has 0 spiro atoms. The smallest absolute Gasteiger partial charge is 0.225 e. The van der Waals surface area contributed by atoms with Gasteiger partial charge in [-0.3, -0.25) is 9.59 Å². The number of likely N-dealkylation sites (tertiary alicyclic amines) is 1. The molecule has 1 saturated heterocycles. The van der Waals surface area contributed by atoms with Gasteiger partial charge < -0.3 is 10.6 Å². The van der Waals surface area contributed by atoms with E-state index < -0.39 is 5.41 Å². The summed E-state index contributed by atoms with van der Waals surface area (Å²) < 4.78 is 0. The number of benzene rings is 1. The Morgan fingerprint density at radius 1 is 1.19 bits per heavy atom. The van der Waals surface area contributed by atoms with E-state index in [9.17, 15) is 9.59 Å². The lowest BCUT2D eigenvalue weighted by molar-refractivity contribution is -0.140. The minimum Gasteiger partial charge on any atom is -0.369 e. The van der Waals surface area contributed by atoms with Gasteiger partial charge in [0.25, 0.3) is 0 Å². The number of hydrogen-bond donors (Lipinski definition) is 1. The monoisotopic (exact) mass is 382 g/mol. The molecule has 2 N–H and O–H groups in total. The van der Waals surface area contributed by atoms with Crippen LogP contribution in [-0.4, -0.2) is 29.8 Å². The van der Waals surface area contributed by atoms with Crippen LogP contribution in [0.25, 0.3) is 10.4 Å². The molecule has 5 heteroatoms. The highest BCUT2D eigenvalue weighted by molar-refractivity contribution is 7.13. The van der Waals surface area contributed by atoms with Gasteiger partial charge >= 0.3 is 0 Å². The molecule has 0 bridgehead atoms. The van der Waals surface area contributed by atoms with Crippen molar-refractivity contribution in [3.63, 3.8) is 0 Å². The van der Waals surface area contributed by atoms with Gasteiger partial charge in [0.15, 0.2) is 0 Å². The zero-order chi connectivity index (χ0) is 19.0. The number of piperidine rings is 1. The van der Waals surface area contributed by atoms with Gasteiger partial charge in [0.05, 0.1) is 5.41 Å². The van der Waals surface area contributed by atoms with E-state index in [2.05, 4.69) is 30.5 Å². The number of nitrogens with two attached hydrogens (primary N) is 1. The Morgan fingerprint density at radius 3 is 2.48 bits per heavy atom. The van der Waals surface area contributed by atoms with Crippen molar-refractivity contribution in [3.8, 4) is 10.4 Å². The van der Waals surface area contributed by atoms with Gasteiger partial charge in [-0.25, -0.2) is 0 Å². The van der Waals surface area contributed by atoms with Crippen LogP contribution in [0.4, 0.5) is 0 Å². The lowest BCUT2D eigenvalue weighted by Crippen LogP contribution is -2.50. The molecule has 27 heavy (non-hydrogen) atoms. The van der Waals surface area contributed by atoms with Crippen LogP contribution >= 0.6 is 11.3 Å². The standard InChI is InChI=1S/C22H26N2O2S/c1-15-13-18(15)20(25)24-10-8-22(9-11-24,21(23)26)14-16-5-2-3-6-17(16)19-7-4-12-27-19/h2-7,12,15,18H,8-11,13-14H2,1H3,(H2,23,26)/t15-,18+/m1/s1. The molecule has 4 rings (SSSR count). The van der Waals surface area contributed by atoms with Crippen LogP contribution in [0.2, 0.25) is 0 Å². The highest BCUT2D eigenvalue weighted by atomic mass is 32.1. The third kappa shape index (κ3) is 3.53. The molecule has 2 amide bonds. The second-order valence-corrected chi connectivity index (χ2v) is 9.05. The SMILES string of the molecule is C[C@@H]1C[C@@H]1C(=O)N1CCC(Cc2ccccc2-c2cccs2)(C(N)=O)CC1. The molecule has 2 heterocycles. The molecule has 0 radical (unpaired) electrons. The van der Waals surface area contributed by atoms with E-state index in [1.54, 1.807) is 11.3 Å². The largest absolute Gasteiger partial charge is 0.369 e. The lowest BCUT2D eigenvalue weighted by atomic mass is 9.72. The molecule has 1 aliphatic carbocycles. The number of carbonyl (C=O) groups excluding carboxylic acids is 2. The fourth-order valence-corrected chi connectivity index (χ4v) is 5.06. The van der Waals surface area contributed by atoms with Crippen LogP contribution in [0, 0.1) is 17.3 Å². The fourth-order valence-electron chi connectivity index (χ4n) is 4.28. The average Bonchev–Trinajstić information content (AvgIpc) is 3.17. The van der Waals surface area contributed by atoms with Gasteiger partial charge in [0, 0.05) is 23.9 Å². The summed E-state index contributed by atoms with van der Waals surface area (Å²) in [6.45, 7) is 3.39. The topological polar surface area (TPSA) is 63.4 Å². The second-order valence-electron chi connectivity index (χ2n) is 8.10. The van der Waals surface area contributed by atoms with Gasteiger partial charge in [-0.05, 0) is 54.2 Å². The van der Waals surface area contributed by atoms with Crippen LogP contribution in [0.5, 0.6) is 0 Å². The van der Waals surface area contributed by atoms with Crippen molar-refractivity contribution < 1.29 is 9.59 Å². The van der Waals surface area contributed by atoms with Crippen LogP contribution in [0.15, 0.2) is 41.8 Å². The van der Waals surface area contributed by atoms with Gasteiger partial charge in [-0.15, -0.1) is 11.3 Å². The first-order valence-corrected chi connectivity index (χ1v) is 10.6. The third-order valence-corrected chi connectivity index (χ3v) is 7.22. The average molecular weight is 383 g/mol. The maximum atomic E-state index is 12.5. The maximum Gasteiger partial charge on any atom is 0.225 e. The molecule has 2 atom stereocenters. The van der Waals surface area contributed by atoms with Crippen LogP contribution in [-0.2, 0) is 16.0 Å². The van der Waals surface area contributed by atoms with E-state index in [0.29, 0.717) is 38.3 Å². The summed E-state index contributed by atoms with van der Waals surface area (Å²) >= 11 is 1.71. The molecule has 142 valence electrons. The normalized spacial score (nSPS) is 23.8. The molecule has 1 aromatic carbocycles. The summed E-state index contributed by atoms with van der Waals surface area (Å²) in [5.74, 6) is 0.735. The van der Waals surface area contributed by atoms with E-state index in [4.69, 9.17) is 5.73 Å². The summed E-state index contributed by atoms with van der Waals surface area (Å²) in [6.07, 6.45) is 2.94. The molecule has 1 aliphatic heterocycles. The van der Waals surface area contributed by atoms with E-state index in [1.165, 1.54) is 10.4 Å². The van der Waals surface area contributed by atoms with E-state index >= 15 is 0 Å². The lowest BCUT2D eigenvalue weighted by Gasteiger charge is -2.40. The van der Waals surface area contributed by atoms with Gasteiger partial charge in [-0.1, -0.05) is 37.3 Å². The van der Waals surface area contributed by atoms with Crippen molar-refractivity contribution in [3.05, 3.63) is 47.3 Å². The molecule has 1 saturated carbocycles. The molecule has 4 nitrogen and oxygen atoms in total. The molecule has 2 aliphatic rings. The minimum atomic E-state index is -0.570. The van der Waals surface area contributed by atoms with Gasteiger partial charge in [0.2, 0.25) is 11.8 Å². The zero-order valence-electron chi connectivity index (χ0n) is 15.7. The second kappa shape index (κ2) is 7.12. The predicted octanol–water partition coefficient (Wildman–Crippen LogP) is 3.71. The molecule has 1 aromatic heterocycles. The predicted molar refractivity (Wildman–Crippen MR) is 108 cm³/mol. The van der Waals surface area contributed by atoms with Gasteiger partial charge in [0.1, 0.15) is 0 Å². The van der Waals surface area contributed by atoms with Crippen molar-refractivity contribution in [1.82, 2.24) is 4.90 Å². The number of primary amides is 1. The third-order valence-electron chi connectivity index (χ3n) is 6.31. The Kier molecular flexibility index (Phi) is 4.81. The Morgan fingerprint density at radius 2 is 1.89 bits per heavy atom. The number of thiophene rings is 1. The van der Waals surface area contributed by atoms with E-state index in [0.717, 1.165) is 12.0 Å². The molecular formula is C22H26N2O2S. The van der Waals surface area contributed by atoms with Crippen molar-refractivity contribution in [2.75, 3.05) is 13.1 Å². The Labute approximate surface area is 164 Å². The summed E-state index contributed by atoms with van der Waals surface area (Å²) in [5, 5.41) is 2.07. The summed E-state index contributed by atoms with van der Waals surface area (Å²) in [6, 6.07) is 12.4. The van der Waals surface area contributed by atoms with Crippen molar-refractivity contribution in [1.29, 1.82) is 0 Å². The van der Waals surface area contributed by atoms with Crippen molar-refractivity contribution in [2.24, 2.45) is 23.0 Å². The number of carbonyl (C=O) groups is 2. The molecule has 0 unspecified atom stereocenters. The molecule has 2 aromatic rings. The van der Waals surface area contributed by atoms with Crippen molar-refractivity contribution in [2.45, 2.75) is 32.6 Å². The first-order chi connectivity index (χ1) is 13.0.